The van der Waals surface area contributed by atoms with Gasteiger partial charge >= 0.3 is 0 Å². The van der Waals surface area contributed by atoms with Crippen LogP contribution in [0.5, 0.6) is 0 Å². The molecule has 0 amide bonds. The Labute approximate surface area is 140 Å². The third-order valence-corrected chi connectivity index (χ3v) is 5.38. The van der Waals surface area contributed by atoms with E-state index in [1.807, 2.05) is 0 Å². The molecule has 0 saturated heterocycles. The third-order valence-electron chi connectivity index (χ3n) is 5.38. The van der Waals surface area contributed by atoms with Crippen LogP contribution in [-0.4, -0.2) is 36.0 Å². The molecule has 2 saturated carbocycles. The molecule has 0 aromatic heterocycles. The summed E-state index contributed by atoms with van der Waals surface area (Å²) >= 11 is 0. The number of guanidine groups is 1. The molecule has 3 rings (SSSR count). The molecular formula is C19H30N4. The Morgan fingerprint density at radius 2 is 1.96 bits per heavy atom. The highest BCUT2D eigenvalue weighted by Crippen LogP contribution is 2.33. The van der Waals surface area contributed by atoms with Crippen LogP contribution in [0.4, 0.5) is 0 Å². The normalized spacial score (nSPS) is 22.1. The summed E-state index contributed by atoms with van der Waals surface area (Å²) < 4.78 is 0. The second-order valence-electron chi connectivity index (χ2n) is 7.28. The minimum atomic E-state index is 0.101. The lowest BCUT2D eigenvalue weighted by Crippen LogP contribution is -2.48. The van der Waals surface area contributed by atoms with E-state index < -0.39 is 0 Å². The van der Waals surface area contributed by atoms with Gasteiger partial charge in [0.25, 0.3) is 0 Å². The molecule has 0 bridgehead atoms. The molecule has 23 heavy (non-hydrogen) atoms. The van der Waals surface area contributed by atoms with E-state index in [0.29, 0.717) is 18.0 Å². The summed E-state index contributed by atoms with van der Waals surface area (Å²) in [7, 11) is 2.07. The minimum absolute atomic E-state index is 0.101. The van der Waals surface area contributed by atoms with Crippen LogP contribution in [-0.2, 0) is 0 Å². The zero-order valence-electron chi connectivity index (χ0n) is 14.5. The predicted molar refractivity (Wildman–Crippen MR) is 96.5 cm³/mol. The molecule has 4 nitrogen and oxygen atoms in total. The first-order chi connectivity index (χ1) is 11.1. The lowest BCUT2D eigenvalue weighted by atomic mass is 9.95. The second-order valence-corrected chi connectivity index (χ2v) is 7.28. The van der Waals surface area contributed by atoms with Crippen molar-refractivity contribution in [2.24, 2.45) is 10.7 Å². The van der Waals surface area contributed by atoms with Gasteiger partial charge in [-0.1, -0.05) is 43.2 Å². The minimum Gasteiger partial charge on any atom is -0.370 e. The summed E-state index contributed by atoms with van der Waals surface area (Å²) in [6.07, 6.45) is 7.44. The number of nitrogens with zero attached hydrogens (tertiary/aromatic N) is 2. The molecule has 0 heterocycles. The summed E-state index contributed by atoms with van der Waals surface area (Å²) in [5.74, 6) is 0.702. The van der Waals surface area contributed by atoms with Crippen LogP contribution in [0.1, 0.15) is 57.1 Å². The molecule has 2 fully saturated rings. The first kappa shape index (κ1) is 16.3. The average Bonchev–Trinajstić information content (AvgIpc) is 3.33. The third kappa shape index (κ3) is 4.05. The maximum absolute atomic E-state index is 6.19. The predicted octanol–water partition coefficient (Wildman–Crippen LogP) is 3.06. The fraction of sp³-hybridized carbons (Fsp3) is 0.632. The number of hydrogen-bond donors (Lipinski definition) is 2. The highest BCUT2D eigenvalue weighted by atomic mass is 15.3. The molecule has 0 aliphatic heterocycles. The number of aliphatic imine (C=N–C) groups is 1. The van der Waals surface area contributed by atoms with Crippen molar-refractivity contribution >= 4 is 5.96 Å². The van der Waals surface area contributed by atoms with Crippen LogP contribution in [0, 0.1) is 0 Å². The van der Waals surface area contributed by atoms with Crippen molar-refractivity contribution in [3.05, 3.63) is 35.9 Å². The van der Waals surface area contributed by atoms with Crippen LogP contribution < -0.4 is 11.1 Å². The molecule has 0 radical (unpaired) electrons. The standard InChI is InChI=1S/C19H30N4/c1-15(16-8-4-3-5-9-16)22-19(12-6-7-13-19)14-21-18(20)23(2)17-10-11-17/h3-5,8-9,15,17,22H,6-7,10-14H2,1-2H3,(H2,20,21). The molecule has 2 aliphatic rings. The average molecular weight is 314 g/mol. The van der Waals surface area contributed by atoms with Crippen LogP contribution in [0.2, 0.25) is 0 Å². The maximum Gasteiger partial charge on any atom is 0.191 e. The zero-order chi connectivity index (χ0) is 16.3. The van der Waals surface area contributed by atoms with Gasteiger partial charge in [0.05, 0.1) is 6.54 Å². The fourth-order valence-corrected chi connectivity index (χ4v) is 3.68. The largest absolute Gasteiger partial charge is 0.370 e. The van der Waals surface area contributed by atoms with Gasteiger partial charge in [0, 0.05) is 24.7 Å². The Morgan fingerprint density at radius 1 is 1.30 bits per heavy atom. The van der Waals surface area contributed by atoms with Crippen molar-refractivity contribution < 1.29 is 0 Å². The highest BCUT2D eigenvalue weighted by Gasteiger charge is 2.35. The van der Waals surface area contributed by atoms with Crippen LogP contribution in [0.15, 0.2) is 35.3 Å². The highest BCUT2D eigenvalue weighted by molar-refractivity contribution is 5.78. The molecule has 3 N–H and O–H groups in total. The molecule has 4 heteroatoms. The van der Waals surface area contributed by atoms with E-state index in [4.69, 9.17) is 10.7 Å². The van der Waals surface area contributed by atoms with E-state index in [2.05, 4.69) is 54.5 Å². The van der Waals surface area contributed by atoms with E-state index in [9.17, 15) is 0 Å². The van der Waals surface area contributed by atoms with Gasteiger partial charge < -0.3 is 16.0 Å². The SMILES string of the molecule is CC(NC1(CN=C(N)N(C)C2CC2)CCCC1)c1ccccc1. The molecule has 0 spiro atoms. The molecule has 1 aromatic rings. The molecule has 126 valence electrons. The first-order valence-electron chi connectivity index (χ1n) is 8.95. The van der Waals surface area contributed by atoms with Gasteiger partial charge in [-0.3, -0.25) is 4.99 Å². The fourth-order valence-electron chi connectivity index (χ4n) is 3.68. The Kier molecular flexibility index (Phi) is 4.90. The molecule has 2 aliphatic carbocycles. The van der Waals surface area contributed by atoms with Crippen molar-refractivity contribution in [1.82, 2.24) is 10.2 Å². The van der Waals surface area contributed by atoms with Crippen molar-refractivity contribution in [3.63, 3.8) is 0 Å². The van der Waals surface area contributed by atoms with Gasteiger partial charge in [-0.15, -0.1) is 0 Å². The van der Waals surface area contributed by atoms with Crippen molar-refractivity contribution in [3.8, 4) is 0 Å². The Morgan fingerprint density at radius 3 is 2.57 bits per heavy atom. The van der Waals surface area contributed by atoms with Crippen molar-refractivity contribution in [1.29, 1.82) is 0 Å². The lowest BCUT2D eigenvalue weighted by molar-refractivity contribution is 0.306. The smallest absolute Gasteiger partial charge is 0.191 e. The number of hydrogen-bond acceptors (Lipinski definition) is 2. The topological polar surface area (TPSA) is 53.6 Å². The van der Waals surface area contributed by atoms with Crippen LogP contribution in [0.3, 0.4) is 0 Å². The Hall–Kier alpha value is -1.55. The van der Waals surface area contributed by atoms with E-state index in [1.54, 1.807) is 0 Å². The zero-order valence-corrected chi connectivity index (χ0v) is 14.5. The van der Waals surface area contributed by atoms with Crippen molar-refractivity contribution in [2.45, 2.75) is 63.1 Å². The quantitative estimate of drug-likeness (QED) is 0.627. The monoisotopic (exact) mass is 314 g/mol. The van der Waals surface area contributed by atoms with E-state index in [-0.39, 0.29) is 5.54 Å². The van der Waals surface area contributed by atoms with E-state index in [1.165, 1.54) is 44.1 Å². The molecule has 1 unspecified atom stereocenters. The lowest BCUT2D eigenvalue weighted by Gasteiger charge is -2.33. The maximum atomic E-state index is 6.19. The first-order valence-corrected chi connectivity index (χ1v) is 8.95. The van der Waals surface area contributed by atoms with Gasteiger partial charge in [0.15, 0.2) is 5.96 Å². The molecule has 1 atom stereocenters. The number of nitrogens with two attached hydrogens (primary N) is 1. The summed E-state index contributed by atoms with van der Waals surface area (Å²) in [5, 5.41) is 3.87. The molecular weight excluding hydrogens is 284 g/mol. The van der Waals surface area contributed by atoms with Gasteiger partial charge in [0.1, 0.15) is 0 Å². The van der Waals surface area contributed by atoms with Gasteiger partial charge in [-0.05, 0) is 38.2 Å². The number of nitrogens with one attached hydrogen (secondary N) is 1. The van der Waals surface area contributed by atoms with Crippen molar-refractivity contribution in [2.75, 3.05) is 13.6 Å². The Balaban J connectivity index is 1.66. The van der Waals surface area contributed by atoms with E-state index in [0.717, 1.165) is 6.54 Å². The molecule has 1 aromatic carbocycles. The van der Waals surface area contributed by atoms with Crippen LogP contribution in [0.25, 0.3) is 0 Å². The Bertz CT molecular complexity index is 530. The van der Waals surface area contributed by atoms with Gasteiger partial charge in [-0.2, -0.15) is 0 Å². The summed E-state index contributed by atoms with van der Waals surface area (Å²) in [6.45, 7) is 3.03. The van der Waals surface area contributed by atoms with E-state index >= 15 is 0 Å². The summed E-state index contributed by atoms with van der Waals surface area (Å²) in [6, 6.07) is 11.6. The van der Waals surface area contributed by atoms with Crippen LogP contribution >= 0.6 is 0 Å². The van der Waals surface area contributed by atoms with Gasteiger partial charge in [0.2, 0.25) is 0 Å². The second kappa shape index (κ2) is 6.91. The summed E-state index contributed by atoms with van der Waals surface area (Å²) in [5.41, 5.74) is 7.63. The number of rotatable bonds is 6. The summed E-state index contributed by atoms with van der Waals surface area (Å²) in [4.78, 5) is 6.89. The van der Waals surface area contributed by atoms with Gasteiger partial charge in [-0.25, -0.2) is 0 Å². The number of benzene rings is 1.